The fourth-order valence-electron chi connectivity index (χ4n) is 12.9. The van der Waals surface area contributed by atoms with Crippen LogP contribution in [0, 0.1) is 35.0 Å². The first-order valence-electron chi connectivity index (χ1n) is 21.8. The third-order valence-corrected chi connectivity index (χ3v) is 15.4. The van der Waals surface area contributed by atoms with Crippen LogP contribution in [0.1, 0.15) is 119 Å². The second-order valence-corrected chi connectivity index (χ2v) is 19.1. The maximum absolute atomic E-state index is 12.6. The molecular formula is C44H63N5O10. The highest BCUT2D eigenvalue weighted by atomic mass is 16.6. The summed E-state index contributed by atoms with van der Waals surface area (Å²) < 4.78 is 31.9. The summed E-state index contributed by atoms with van der Waals surface area (Å²) in [5.74, 6) is 0.178. The van der Waals surface area contributed by atoms with Crippen LogP contribution in [0.5, 0.6) is 0 Å². The van der Waals surface area contributed by atoms with Gasteiger partial charge in [0.1, 0.15) is 18.8 Å². The van der Waals surface area contributed by atoms with Crippen LogP contribution in [-0.4, -0.2) is 110 Å². The molecule has 59 heavy (non-hydrogen) atoms. The maximum atomic E-state index is 12.6. The van der Waals surface area contributed by atoms with Crippen molar-refractivity contribution in [1.82, 2.24) is 25.2 Å². The highest BCUT2D eigenvalue weighted by molar-refractivity contribution is 5.73. The van der Waals surface area contributed by atoms with Crippen LogP contribution in [0.15, 0.2) is 29.0 Å². The lowest BCUT2D eigenvalue weighted by Crippen LogP contribution is -2.64. The summed E-state index contributed by atoms with van der Waals surface area (Å²) in [7, 11) is 0. The van der Waals surface area contributed by atoms with E-state index in [0.717, 1.165) is 57.9 Å². The van der Waals surface area contributed by atoms with Gasteiger partial charge in [0.05, 0.1) is 29.7 Å². The molecule has 1 aromatic heterocycles. The summed E-state index contributed by atoms with van der Waals surface area (Å²) in [4.78, 5) is 51.6. The first kappa shape index (κ1) is 42.0. The Morgan fingerprint density at radius 3 is 2.47 bits per heavy atom. The van der Waals surface area contributed by atoms with Crippen molar-refractivity contribution in [2.24, 2.45) is 35.0 Å². The van der Waals surface area contributed by atoms with E-state index in [9.17, 15) is 24.3 Å². The Kier molecular flexibility index (Phi) is 11.4. The standard InChI is InChI=1S/C44H63N5O10/c1-22-15-36-39(24(3)44(59-36)14-12-32-33-10-9-29-16-31(54)11-13-43(29,8)35(33)17-34(32)23(44)2)48(18-22)19-30-20-49(47-46-30)42-38(45-25(4)50)41(57-28(7)53)40(56-27(6)52)37(58-42)21-55-26(5)51/h9,20,22,24,31-33,35-42,54H,10-19,21H2,1-8H3,(H,45,50)/t22-,24+,31-,32-,33-,35-,36+,37?,38-,39-,40-,41?,42+,43-,44-/m0/s1. The number of carbonyl (C=O) groups is 4. The number of fused-ring (bicyclic) bond motifs is 6. The van der Waals surface area contributed by atoms with Gasteiger partial charge in [-0.3, -0.25) is 24.1 Å². The Hall–Kier alpha value is -3.66. The van der Waals surface area contributed by atoms with Crippen molar-refractivity contribution in [3.63, 3.8) is 0 Å². The lowest BCUT2D eigenvalue weighted by Gasteiger charge is -2.49. The van der Waals surface area contributed by atoms with E-state index in [-0.39, 0.29) is 41.8 Å². The number of nitrogens with zero attached hydrogens (tertiary/aromatic N) is 4. The van der Waals surface area contributed by atoms with Gasteiger partial charge in [-0.05, 0) is 93.0 Å². The van der Waals surface area contributed by atoms with E-state index >= 15 is 0 Å². The largest absolute Gasteiger partial charge is 0.463 e. The molecule has 3 aliphatic heterocycles. The normalized spacial score (nSPS) is 41.6. The molecule has 1 spiro atoms. The number of amides is 1. The first-order chi connectivity index (χ1) is 28.0. The van der Waals surface area contributed by atoms with Gasteiger partial charge < -0.3 is 34.1 Å². The molecule has 0 bridgehead atoms. The quantitative estimate of drug-likeness (QED) is 0.215. The second-order valence-electron chi connectivity index (χ2n) is 19.1. The Bertz CT molecular complexity index is 1900. The third kappa shape index (κ3) is 7.56. The number of carbonyl (C=O) groups excluding carboxylic acids is 4. The minimum atomic E-state index is -1.20. The number of hydrogen-bond acceptors (Lipinski definition) is 13. The molecule has 5 fully saturated rings. The van der Waals surface area contributed by atoms with Gasteiger partial charge in [0.2, 0.25) is 5.91 Å². The summed E-state index contributed by atoms with van der Waals surface area (Å²) in [5.41, 5.74) is 5.11. The Labute approximate surface area is 346 Å². The summed E-state index contributed by atoms with van der Waals surface area (Å²) in [6.45, 7) is 15.6. The number of nitrogens with one attached hydrogen (secondary N) is 1. The number of rotatable bonds is 8. The van der Waals surface area contributed by atoms with E-state index in [2.05, 4.69) is 54.3 Å². The van der Waals surface area contributed by atoms with E-state index < -0.39 is 54.4 Å². The van der Waals surface area contributed by atoms with Gasteiger partial charge in [-0.25, -0.2) is 4.68 Å². The van der Waals surface area contributed by atoms with Crippen molar-refractivity contribution in [1.29, 1.82) is 0 Å². The summed E-state index contributed by atoms with van der Waals surface area (Å²) in [6.07, 6.45) is 7.79. The molecule has 2 unspecified atom stereocenters. The molecule has 4 aliphatic carbocycles. The number of aliphatic hydroxyl groups excluding tert-OH is 1. The summed E-state index contributed by atoms with van der Waals surface area (Å²) in [5, 5.41) is 22.4. The molecule has 1 amide bonds. The molecule has 1 aromatic rings. The molecule has 3 saturated heterocycles. The maximum Gasteiger partial charge on any atom is 0.303 e. The topological polar surface area (TPSA) is 181 Å². The first-order valence-corrected chi connectivity index (χ1v) is 21.8. The van der Waals surface area contributed by atoms with Crippen molar-refractivity contribution in [2.75, 3.05) is 13.2 Å². The third-order valence-electron chi connectivity index (χ3n) is 15.4. The van der Waals surface area contributed by atoms with Crippen molar-refractivity contribution in [2.45, 2.75) is 168 Å². The number of likely N-dealkylation sites (tertiary alicyclic amines) is 1. The van der Waals surface area contributed by atoms with E-state index in [1.165, 1.54) is 43.5 Å². The predicted molar refractivity (Wildman–Crippen MR) is 212 cm³/mol. The molecule has 2 N–H and O–H groups in total. The Morgan fingerprint density at radius 1 is 1.02 bits per heavy atom. The molecule has 2 saturated carbocycles. The SMILES string of the molecule is CC(=O)N[C@H]1C(OC(C)=O)[C@@H](OC(C)=O)C(COC(C)=O)O[C@H]1n1cc(CN2C[C@@H](C)C[C@H]3O[C@]4(CC[C@@H]5C(=C4C)C[C@H]4[C@H]5CC=C5C[C@@H](O)CC[C@@]54C)[C@H](C)[C@@H]32)nn1. The lowest BCUT2D eigenvalue weighted by molar-refractivity contribution is -0.239. The van der Waals surface area contributed by atoms with Crippen molar-refractivity contribution in [3.8, 4) is 0 Å². The number of aliphatic hydroxyl groups is 1. The molecule has 15 nitrogen and oxygen atoms in total. The molecular weight excluding hydrogens is 759 g/mol. The molecule has 15 atom stereocenters. The highest BCUT2D eigenvalue weighted by Gasteiger charge is 2.62. The Balaban J connectivity index is 1.05. The van der Waals surface area contributed by atoms with Crippen LogP contribution in [0.2, 0.25) is 0 Å². The lowest BCUT2D eigenvalue weighted by atomic mass is 9.56. The predicted octanol–water partition coefficient (Wildman–Crippen LogP) is 4.33. The van der Waals surface area contributed by atoms with Crippen LogP contribution >= 0.6 is 0 Å². The average molecular weight is 822 g/mol. The van der Waals surface area contributed by atoms with Gasteiger partial charge in [0, 0.05) is 52.7 Å². The zero-order valence-electron chi connectivity index (χ0n) is 35.8. The zero-order chi connectivity index (χ0) is 42.1. The van der Waals surface area contributed by atoms with Crippen LogP contribution < -0.4 is 5.32 Å². The molecule has 4 heterocycles. The molecule has 0 radical (unpaired) electrons. The molecule has 0 aromatic carbocycles. The molecule has 8 rings (SSSR count). The summed E-state index contributed by atoms with van der Waals surface area (Å²) in [6, 6.07) is -0.867. The number of ether oxygens (including phenoxy) is 5. The van der Waals surface area contributed by atoms with Gasteiger partial charge in [0.15, 0.2) is 18.4 Å². The van der Waals surface area contributed by atoms with Crippen LogP contribution in [-0.2, 0) is 49.4 Å². The highest BCUT2D eigenvalue weighted by Crippen LogP contribution is 2.65. The zero-order valence-corrected chi connectivity index (χ0v) is 35.8. The summed E-state index contributed by atoms with van der Waals surface area (Å²) >= 11 is 0. The van der Waals surface area contributed by atoms with Gasteiger partial charge >= 0.3 is 17.9 Å². The van der Waals surface area contributed by atoms with E-state index in [4.69, 9.17) is 23.7 Å². The monoisotopic (exact) mass is 821 g/mol. The Morgan fingerprint density at radius 2 is 1.76 bits per heavy atom. The van der Waals surface area contributed by atoms with Gasteiger partial charge in [-0.15, -0.1) is 5.10 Å². The average Bonchev–Trinajstić information content (AvgIpc) is 3.86. The second kappa shape index (κ2) is 16.0. The van der Waals surface area contributed by atoms with E-state index in [0.29, 0.717) is 35.9 Å². The van der Waals surface area contributed by atoms with Crippen molar-refractivity contribution < 1.29 is 48.0 Å². The molecule has 15 heteroatoms. The number of aromatic nitrogens is 3. The van der Waals surface area contributed by atoms with Crippen LogP contribution in [0.4, 0.5) is 0 Å². The van der Waals surface area contributed by atoms with Crippen LogP contribution in [0.25, 0.3) is 0 Å². The number of hydrogen-bond donors (Lipinski definition) is 2. The van der Waals surface area contributed by atoms with Crippen LogP contribution in [0.3, 0.4) is 0 Å². The minimum absolute atomic E-state index is 0.0701. The van der Waals surface area contributed by atoms with E-state index in [1.807, 2.05) is 0 Å². The fourth-order valence-corrected chi connectivity index (χ4v) is 12.9. The smallest absolute Gasteiger partial charge is 0.303 e. The van der Waals surface area contributed by atoms with Gasteiger partial charge in [-0.1, -0.05) is 43.2 Å². The van der Waals surface area contributed by atoms with E-state index in [1.54, 1.807) is 11.8 Å². The van der Waals surface area contributed by atoms with Crippen molar-refractivity contribution >= 4 is 23.8 Å². The molecule has 7 aliphatic rings. The van der Waals surface area contributed by atoms with Crippen molar-refractivity contribution in [3.05, 3.63) is 34.7 Å². The van der Waals surface area contributed by atoms with Gasteiger partial charge in [-0.2, -0.15) is 0 Å². The van der Waals surface area contributed by atoms with Gasteiger partial charge in [0.25, 0.3) is 0 Å². The number of allylic oxidation sites excluding steroid dienone is 2. The number of esters is 3. The minimum Gasteiger partial charge on any atom is -0.463 e. The fraction of sp³-hybridized carbons (Fsp3) is 0.773. The number of piperidine rings is 1. The molecule has 324 valence electrons.